The summed E-state index contributed by atoms with van der Waals surface area (Å²) in [6.07, 6.45) is 1.79. The van der Waals surface area contributed by atoms with Crippen LogP contribution in [-0.2, 0) is 4.79 Å². The third kappa shape index (κ3) is 2.68. The maximum atomic E-state index is 11.4. The number of esters is 1. The molecular formula is C18H14ClNO2. The number of hydrogen-bond acceptors (Lipinski definition) is 3. The van der Waals surface area contributed by atoms with E-state index >= 15 is 0 Å². The minimum Gasteiger partial charge on any atom is -0.423 e. The fourth-order valence-corrected chi connectivity index (χ4v) is 2.53. The van der Waals surface area contributed by atoms with Crippen LogP contribution in [0.3, 0.4) is 0 Å². The Bertz CT molecular complexity index is 831. The van der Waals surface area contributed by atoms with Crippen LogP contribution in [0.15, 0.2) is 54.7 Å². The second kappa shape index (κ2) is 6.16. The van der Waals surface area contributed by atoms with Crippen LogP contribution in [0.4, 0.5) is 0 Å². The van der Waals surface area contributed by atoms with Crippen LogP contribution >= 0.6 is 11.6 Å². The van der Waals surface area contributed by atoms with E-state index in [-0.39, 0.29) is 5.97 Å². The molecule has 0 unspecified atom stereocenters. The quantitative estimate of drug-likeness (QED) is 0.648. The van der Waals surface area contributed by atoms with E-state index in [0.29, 0.717) is 17.2 Å². The molecule has 0 aliphatic carbocycles. The van der Waals surface area contributed by atoms with Crippen LogP contribution in [0.5, 0.6) is 5.75 Å². The van der Waals surface area contributed by atoms with Crippen LogP contribution < -0.4 is 4.74 Å². The maximum Gasteiger partial charge on any atom is 0.311 e. The maximum absolute atomic E-state index is 11.4. The largest absolute Gasteiger partial charge is 0.423 e. The predicted molar refractivity (Wildman–Crippen MR) is 88.1 cm³/mol. The standard InChI is InChI=1S/C18H14ClNO2/c1-2-16(21)22-15-11-20-18-13(12-7-4-3-5-8-12)9-6-10-14(18)17(15)19/h3-11H,2H2,1H3. The number of pyridine rings is 1. The molecule has 0 aliphatic heterocycles. The summed E-state index contributed by atoms with van der Waals surface area (Å²) in [5.74, 6) is -0.0338. The molecule has 1 aromatic heterocycles. The van der Waals surface area contributed by atoms with Gasteiger partial charge >= 0.3 is 5.97 Å². The molecule has 0 bridgehead atoms. The molecule has 0 saturated carbocycles. The lowest BCUT2D eigenvalue weighted by Gasteiger charge is -2.10. The van der Waals surface area contributed by atoms with E-state index in [0.717, 1.165) is 22.0 Å². The van der Waals surface area contributed by atoms with Crippen molar-refractivity contribution < 1.29 is 9.53 Å². The minimum atomic E-state index is -0.331. The van der Waals surface area contributed by atoms with Gasteiger partial charge in [-0.3, -0.25) is 9.78 Å². The molecule has 3 aromatic rings. The predicted octanol–water partition coefficient (Wildman–Crippen LogP) is 4.87. The molecular weight excluding hydrogens is 298 g/mol. The highest BCUT2D eigenvalue weighted by Crippen LogP contribution is 2.35. The van der Waals surface area contributed by atoms with Gasteiger partial charge in [0.15, 0.2) is 5.75 Å². The van der Waals surface area contributed by atoms with Gasteiger partial charge in [-0.25, -0.2) is 0 Å². The van der Waals surface area contributed by atoms with Crippen LogP contribution in [0, 0.1) is 0 Å². The van der Waals surface area contributed by atoms with Crippen molar-refractivity contribution in [3.63, 3.8) is 0 Å². The first kappa shape index (κ1) is 14.5. The number of halogens is 1. The monoisotopic (exact) mass is 311 g/mol. The van der Waals surface area contributed by atoms with Crippen LogP contribution in [-0.4, -0.2) is 11.0 Å². The molecule has 0 radical (unpaired) electrons. The molecule has 3 nitrogen and oxygen atoms in total. The Morgan fingerprint density at radius 3 is 2.64 bits per heavy atom. The number of benzene rings is 2. The van der Waals surface area contributed by atoms with E-state index in [1.807, 2.05) is 48.5 Å². The first-order chi connectivity index (χ1) is 10.7. The summed E-state index contributed by atoms with van der Waals surface area (Å²) in [4.78, 5) is 15.9. The summed E-state index contributed by atoms with van der Waals surface area (Å²) in [6.45, 7) is 1.73. The number of carbonyl (C=O) groups is 1. The second-order valence-electron chi connectivity index (χ2n) is 4.83. The van der Waals surface area contributed by atoms with Gasteiger partial charge in [-0.15, -0.1) is 0 Å². The van der Waals surface area contributed by atoms with Gasteiger partial charge in [0.1, 0.15) is 0 Å². The van der Waals surface area contributed by atoms with Gasteiger partial charge in [-0.2, -0.15) is 0 Å². The molecule has 0 fully saturated rings. The Morgan fingerprint density at radius 1 is 1.14 bits per heavy atom. The van der Waals surface area contributed by atoms with E-state index in [2.05, 4.69) is 4.98 Å². The zero-order valence-corrected chi connectivity index (χ0v) is 12.8. The van der Waals surface area contributed by atoms with Gasteiger partial charge in [-0.1, -0.05) is 67.1 Å². The Hall–Kier alpha value is -2.39. The first-order valence-electron chi connectivity index (χ1n) is 7.04. The van der Waals surface area contributed by atoms with Crippen molar-refractivity contribution in [2.24, 2.45) is 0 Å². The highest BCUT2D eigenvalue weighted by Gasteiger charge is 2.13. The van der Waals surface area contributed by atoms with Crippen molar-refractivity contribution in [1.29, 1.82) is 0 Å². The average Bonchev–Trinajstić information content (AvgIpc) is 2.57. The molecule has 22 heavy (non-hydrogen) atoms. The number of ether oxygens (including phenoxy) is 1. The van der Waals surface area contributed by atoms with Gasteiger partial charge in [0.25, 0.3) is 0 Å². The van der Waals surface area contributed by atoms with Crippen molar-refractivity contribution >= 4 is 28.5 Å². The molecule has 0 spiro atoms. The number of aromatic nitrogens is 1. The normalized spacial score (nSPS) is 10.6. The molecule has 110 valence electrons. The van der Waals surface area contributed by atoms with Gasteiger partial charge in [-0.05, 0) is 5.56 Å². The number of carbonyl (C=O) groups excluding carboxylic acids is 1. The fourth-order valence-electron chi connectivity index (χ4n) is 2.29. The van der Waals surface area contributed by atoms with E-state index in [9.17, 15) is 4.79 Å². The molecule has 0 N–H and O–H groups in total. The van der Waals surface area contributed by atoms with Crippen molar-refractivity contribution in [3.05, 3.63) is 59.8 Å². The van der Waals surface area contributed by atoms with Crippen molar-refractivity contribution in [2.45, 2.75) is 13.3 Å². The van der Waals surface area contributed by atoms with Crippen molar-refractivity contribution in [3.8, 4) is 16.9 Å². The SMILES string of the molecule is CCC(=O)Oc1cnc2c(-c3ccccc3)cccc2c1Cl. The van der Waals surface area contributed by atoms with Crippen molar-refractivity contribution in [2.75, 3.05) is 0 Å². The smallest absolute Gasteiger partial charge is 0.311 e. The van der Waals surface area contributed by atoms with Gasteiger partial charge in [0.05, 0.1) is 16.7 Å². The molecule has 0 saturated heterocycles. The number of rotatable bonds is 3. The summed E-state index contributed by atoms with van der Waals surface area (Å²) in [6, 6.07) is 15.8. The Kier molecular flexibility index (Phi) is 4.07. The Morgan fingerprint density at radius 2 is 1.91 bits per heavy atom. The van der Waals surface area contributed by atoms with E-state index in [1.54, 1.807) is 6.92 Å². The summed E-state index contributed by atoms with van der Waals surface area (Å²) < 4.78 is 5.21. The highest BCUT2D eigenvalue weighted by molar-refractivity contribution is 6.37. The zero-order valence-electron chi connectivity index (χ0n) is 12.0. The molecule has 2 aromatic carbocycles. The van der Waals surface area contributed by atoms with Crippen molar-refractivity contribution in [1.82, 2.24) is 4.98 Å². The molecule has 0 atom stereocenters. The minimum absolute atomic E-state index is 0.290. The lowest BCUT2D eigenvalue weighted by Crippen LogP contribution is -2.06. The van der Waals surface area contributed by atoms with Gasteiger partial charge in [0.2, 0.25) is 0 Å². The number of nitrogens with zero attached hydrogens (tertiary/aromatic N) is 1. The van der Waals surface area contributed by atoms with Gasteiger partial charge < -0.3 is 4.74 Å². The zero-order chi connectivity index (χ0) is 15.5. The molecule has 4 heteroatoms. The molecule has 0 aliphatic rings. The third-order valence-corrected chi connectivity index (χ3v) is 3.79. The third-order valence-electron chi connectivity index (χ3n) is 3.40. The molecule has 3 rings (SSSR count). The van der Waals surface area contributed by atoms with Crippen LogP contribution in [0.1, 0.15) is 13.3 Å². The summed E-state index contributed by atoms with van der Waals surface area (Å²) in [5, 5.41) is 1.18. The van der Waals surface area contributed by atoms with E-state index in [4.69, 9.17) is 16.3 Å². The Balaban J connectivity index is 2.15. The Labute approximate surface area is 133 Å². The molecule has 1 heterocycles. The van der Waals surface area contributed by atoms with Crippen LogP contribution in [0.2, 0.25) is 5.02 Å². The summed E-state index contributed by atoms with van der Waals surface area (Å²) in [5.41, 5.74) is 2.85. The summed E-state index contributed by atoms with van der Waals surface area (Å²) >= 11 is 6.38. The number of hydrogen-bond donors (Lipinski definition) is 0. The summed E-state index contributed by atoms with van der Waals surface area (Å²) in [7, 11) is 0. The first-order valence-corrected chi connectivity index (χ1v) is 7.42. The number of para-hydroxylation sites is 1. The lowest BCUT2D eigenvalue weighted by molar-refractivity contribution is -0.134. The second-order valence-corrected chi connectivity index (χ2v) is 5.21. The topological polar surface area (TPSA) is 39.2 Å². The van der Waals surface area contributed by atoms with E-state index < -0.39 is 0 Å². The molecule has 0 amide bonds. The van der Waals surface area contributed by atoms with E-state index in [1.165, 1.54) is 6.20 Å². The highest BCUT2D eigenvalue weighted by atomic mass is 35.5. The van der Waals surface area contributed by atoms with Crippen LogP contribution in [0.25, 0.3) is 22.0 Å². The number of fused-ring (bicyclic) bond motifs is 1. The lowest BCUT2D eigenvalue weighted by atomic mass is 10.0. The van der Waals surface area contributed by atoms with Gasteiger partial charge in [0, 0.05) is 17.4 Å². The fraction of sp³-hybridized carbons (Fsp3) is 0.111. The average molecular weight is 312 g/mol.